The van der Waals surface area contributed by atoms with Gasteiger partial charge in [-0.25, -0.2) is 23.8 Å². The zero-order valence-corrected chi connectivity index (χ0v) is 23.9. The first-order chi connectivity index (χ1) is 19.5. The molecule has 0 bridgehead atoms. The zero-order valence-electron chi connectivity index (χ0n) is 21.3. The summed E-state index contributed by atoms with van der Waals surface area (Å²) in [5, 5.41) is 59.8. The second kappa shape index (κ2) is 12.4. The van der Waals surface area contributed by atoms with Crippen molar-refractivity contribution >= 4 is 43.3 Å². The number of rotatable bonds is 11. The fourth-order valence-electron chi connectivity index (χ4n) is 4.38. The number of nitrogens with two attached hydrogens (primary N) is 2. The predicted octanol–water partition coefficient (Wildman–Crippen LogP) is -3.92. The smallest absolute Gasteiger partial charge is 0.394 e. The van der Waals surface area contributed by atoms with Crippen molar-refractivity contribution < 1.29 is 67.8 Å². The molecule has 7 unspecified atom stereocenters. The number of ether oxygens (including phenoxy) is 2. The van der Waals surface area contributed by atoms with Gasteiger partial charge in [-0.15, -0.1) is 6.58 Å². The van der Waals surface area contributed by atoms with Gasteiger partial charge >= 0.3 is 14.5 Å². The number of imidazole rings is 1. The fraction of sp³-hybridized carbons (Fsp3) is 0.632. The van der Waals surface area contributed by atoms with Gasteiger partial charge in [0, 0.05) is 0 Å². The second-order valence-electron chi connectivity index (χ2n) is 9.37. The maximum absolute atomic E-state index is 12.6. The zero-order chi connectivity index (χ0) is 31.2. The number of nitrogen functional groups attached to an aromatic ring is 1. The molecule has 0 aliphatic carbocycles. The molecular formula is C19H30N6O14P2S. The Hall–Kier alpha value is -1.59. The first-order valence-corrected chi connectivity index (χ1v) is 16.0. The Balaban J connectivity index is 1.44. The van der Waals surface area contributed by atoms with E-state index in [1.807, 2.05) is 0 Å². The number of aliphatic hydroxyl groups is 6. The lowest BCUT2D eigenvalue weighted by Gasteiger charge is -2.41. The molecule has 4 rings (SSSR count). The Morgan fingerprint density at radius 2 is 1.88 bits per heavy atom. The number of aliphatic hydroxyl groups excluding tert-OH is 6. The standard InChI is InChI=1S/C19H30N6O14P2S/c1-2-19(21)14(31)8(36-18(19)25-6-24-9-15(20)22-5-23-16(9)25)4-35-41(34,42)39-40(32,33)38-17-12(30)10(28)11(29)13(37-17)7(27)3-26/h2,5-8,10-14,17-18,26-31H,1,3-4,21H2,(H,32,33)(H,34,42)(H2,20,22,23)/t7-,8+,10?,11?,12?,13?,14+,17?,18+,19+,41?/m0/s1. The molecule has 0 saturated carbocycles. The number of aromatic nitrogens is 4. The average Bonchev–Trinajstić information content (AvgIpc) is 3.46. The van der Waals surface area contributed by atoms with E-state index in [0.717, 1.165) is 0 Å². The van der Waals surface area contributed by atoms with Gasteiger partial charge in [0.2, 0.25) is 0 Å². The van der Waals surface area contributed by atoms with Crippen LogP contribution in [0.4, 0.5) is 5.82 Å². The quantitative estimate of drug-likeness (QED) is 0.0812. The number of hydrogen-bond acceptors (Lipinski definition) is 18. The van der Waals surface area contributed by atoms with Crippen molar-refractivity contribution in [3.05, 3.63) is 25.3 Å². The van der Waals surface area contributed by atoms with E-state index in [1.54, 1.807) is 0 Å². The minimum atomic E-state index is -5.46. The first-order valence-electron chi connectivity index (χ1n) is 11.9. The van der Waals surface area contributed by atoms with E-state index >= 15 is 0 Å². The third-order valence-corrected chi connectivity index (χ3v) is 10.1. The van der Waals surface area contributed by atoms with Crippen LogP contribution in [0.15, 0.2) is 25.3 Å². The topological polar surface area (TPSA) is 321 Å². The molecule has 0 amide bonds. The minimum absolute atomic E-state index is 0.0732. The molecule has 0 spiro atoms. The number of fused-ring (bicyclic) bond motifs is 1. The molecule has 2 saturated heterocycles. The molecule has 12 atom stereocenters. The number of nitrogens with zero attached hydrogens (tertiary/aromatic N) is 4. The molecule has 2 aromatic heterocycles. The molecule has 4 heterocycles. The van der Waals surface area contributed by atoms with Gasteiger partial charge in [0.15, 0.2) is 24.0 Å². The molecule has 0 radical (unpaired) electrons. The SMILES string of the molecule is C=C[C@@]1(N)[C@H](O)[C@@H](COP(O)(=S)OP(=O)(O)OC2OC([C@@H](O)CO)C(O)C(O)C2O)O[C@H]1n1cnc2c(N)ncnc21. The monoisotopic (exact) mass is 660 g/mol. The van der Waals surface area contributed by atoms with E-state index in [4.69, 9.17) is 42.4 Å². The van der Waals surface area contributed by atoms with E-state index in [0.29, 0.717) is 0 Å². The van der Waals surface area contributed by atoms with Crippen LogP contribution in [-0.2, 0) is 39.2 Å². The van der Waals surface area contributed by atoms with Crippen molar-refractivity contribution in [2.45, 2.75) is 60.8 Å². The molecule has 2 aliphatic rings. The highest BCUT2D eigenvalue weighted by molar-refractivity contribution is 8.08. The fourth-order valence-corrected chi connectivity index (χ4v) is 7.48. The predicted molar refractivity (Wildman–Crippen MR) is 141 cm³/mol. The van der Waals surface area contributed by atoms with E-state index in [1.165, 1.54) is 23.3 Å². The van der Waals surface area contributed by atoms with E-state index in [9.17, 15) is 39.9 Å². The highest BCUT2D eigenvalue weighted by Crippen LogP contribution is 2.62. The third-order valence-electron chi connectivity index (χ3n) is 6.61. The van der Waals surface area contributed by atoms with Crippen molar-refractivity contribution in [2.75, 3.05) is 18.9 Å². The van der Waals surface area contributed by atoms with Crippen molar-refractivity contribution in [3.8, 4) is 0 Å². The summed E-state index contributed by atoms with van der Waals surface area (Å²) in [4.78, 5) is 32.7. The van der Waals surface area contributed by atoms with Crippen LogP contribution in [0.25, 0.3) is 11.2 Å². The van der Waals surface area contributed by atoms with E-state index in [2.05, 4.69) is 30.4 Å². The normalized spacial score (nSPS) is 37.3. The van der Waals surface area contributed by atoms with Gasteiger partial charge in [0.05, 0.1) is 19.5 Å². The Kier molecular flexibility index (Phi) is 9.85. The second-order valence-corrected chi connectivity index (χ2v) is 13.8. The highest BCUT2D eigenvalue weighted by atomic mass is 32.5. The number of anilines is 1. The van der Waals surface area contributed by atoms with Gasteiger partial charge < -0.3 is 65.9 Å². The Bertz CT molecular complexity index is 1390. The van der Waals surface area contributed by atoms with Crippen LogP contribution in [0.5, 0.6) is 0 Å². The molecule has 0 aromatic carbocycles. The average molecular weight is 660 g/mol. The molecule has 2 fully saturated rings. The maximum atomic E-state index is 12.6. The summed E-state index contributed by atoms with van der Waals surface area (Å²) >= 11 is 4.77. The van der Waals surface area contributed by atoms with Crippen LogP contribution in [0.3, 0.4) is 0 Å². The van der Waals surface area contributed by atoms with Crippen LogP contribution in [0.2, 0.25) is 0 Å². The van der Waals surface area contributed by atoms with Crippen molar-refractivity contribution in [1.82, 2.24) is 19.5 Å². The first kappa shape index (κ1) is 33.3. The molecule has 20 nitrogen and oxygen atoms in total. The lowest BCUT2D eigenvalue weighted by Crippen LogP contribution is -2.61. The van der Waals surface area contributed by atoms with Gasteiger partial charge in [0.25, 0.3) is 0 Å². The molecule has 23 heteroatoms. The van der Waals surface area contributed by atoms with Gasteiger partial charge in [-0.05, 0) is 11.8 Å². The Labute approximate surface area is 241 Å². The van der Waals surface area contributed by atoms with E-state index in [-0.39, 0.29) is 17.0 Å². The summed E-state index contributed by atoms with van der Waals surface area (Å²) in [6.45, 7) is -2.72. The summed E-state index contributed by atoms with van der Waals surface area (Å²) < 4.78 is 39.1. The third kappa shape index (κ3) is 6.43. The minimum Gasteiger partial charge on any atom is -0.394 e. The van der Waals surface area contributed by atoms with Crippen LogP contribution in [0, 0.1) is 0 Å². The van der Waals surface area contributed by atoms with Gasteiger partial charge in [-0.1, -0.05) is 6.08 Å². The van der Waals surface area contributed by atoms with Gasteiger partial charge in [-0.3, -0.25) is 9.09 Å². The van der Waals surface area contributed by atoms with Gasteiger partial charge in [0.1, 0.15) is 60.1 Å². The van der Waals surface area contributed by atoms with Crippen molar-refractivity contribution in [2.24, 2.45) is 5.73 Å². The Morgan fingerprint density at radius 3 is 2.52 bits per heavy atom. The molecule has 236 valence electrons. The number of phosphoric ester groups is 1. The van der Waals surface area contributed by atoms with Crippen LogP contribution in [0.1, 0.15) is 6.23 Å². The van der Waals surface area contributed by atoms with Crippen LogP contribution >= 0.6 is 14.5 Å². The lowest BCUT2D eigenvalue weighted by atomic mass is 9.91. The van der Waals surface area contributed by atoms with E-state index < -0.39 is 88.5 Å². The summed E-state index contributed by atoms with van der Waals surface area (Å²) in [5.74, 6) is 0.0732. The Morgan fingerprint density at radius 1 is 1.19 bits per heavy atom. The molecule has 42 heavy (non-hydrogen) atoms. The highest BCUT2D eigenvalue weighted by Gasteiger charge is 2.54. The molecule has 12 N–H and O–H groups in total. The van der Waals surface area contributed by atoms with Gasteiger partial charge in [-0.2, -0.15) is 0 Å². The van der Waals surface area contributed by atoms with Crippen molar-refractivity contribution in [1.29, 1.82) is 0 Å². The lowest BCUT2D eigenvalue weighted by molar-refractivity contribution is -0.292. The van der Waals surface area contributed by atoms with Crippen molar-refractivity contribution in [3.63, 3.8) is 0 Å². The molecule has 2 aromatic rings. The summed E-state index contributed by atoms with van der Waals surface area (Å²) in [7, 11) is -5.46. The van der Waals surface area contributed by atoms with Crippen LogP contribution < -0.4 is 11.5 Å². The summed E-state index contributed by atoms with van der Waals surface area (Å²) in [6.07, 6.45) is -12.2. The number of phosphoric acid groups is 1. The maximum Gasteiger partial charge on any atom is 0.481 e. The van der Waals surface area contributed by atoms with Crippen LogP contribution in [-0.4, -0.2) is 128 Å². The molecule has 2 aliphatic heterocycles. The largest absolute Gasteiger partial charge is 0.481 e. The number of hydrogen-bond donors (Lipinski definition) is 10. The summed E-state index contributed by atoms with van der Waals surface area (Å²) in [6, 6.07) is 0. The summed E-state index contributed by atoms with van der Waals surface area (Å²) in [5.41, 5.74) is 11.0. The molecular weight excluding hydrogens is 630 g/mol.